The third-order valence-electron chi connectivity index (χ3n) is 2.56. The lowest BCUT2D eigenvalue weighted by Crippen LogP contribution is -2.48. The fourth-order valence-corrected chi connectivity index (χ4v) is 1.64. The molecule has 0 aromatic heterocycles. The molecule has 0 aliphatic rings. The molecule has 0 aliphatic heterocycles. The lowest BCUT2D eigenvalue weighted by molar-refractivity contribution is 0.0600. The van der Waals surface area contributed by atoms with E-state index < -0.39 is 12.0 Å². The van der Waals surface area contributed by atoms with Crippen molar-refractivity contribution in [1.29, 1.82) is 0 Å². The molecule has 0 aliphatic carbocycles. The molecule has 1 rings (SSSR count). The smallest absolute Gasteiger partial charge is 0.350 e. The molecule has 7 heteroatoms. The van der Waals surface area contributed by atoms with Gasteiger partial charge in [0.05, 0.1) is 18.4 Å². The summed E-state index contributed by atoms with van der Waals surface area (Å²) in [6.07, 6.45) is 0. The van der Waals surface area contributed by atoms with E-state index in [1.165, 1.54) is 7.11 Å². The molecule has 98 valence electrons. The predicted octanol–water partition coefficient (Wildman–Crippen LogP) is 0.353. The van der Waals surface area contributed by atoms with Gasteiger partial charge in [-0.2, -0.15) is 0 Å². The molecule has 18 heavy (non-hydrogen) atoms. The average Bonchev–Trinajstić information content (AvgIpc) is 2.38. The number of nitrogens with two attached hydrogens (primary N) is 2. The molecule has 0 saturated heterocycles. The van der Waals surface area contributed by atoms with Crippen molar-refractivity contribution in [2.45, 2.75) is 13.8 Å². The number of aryl methyl sites for hydroxylation is 2. The Balaban J connectivity index is 3.45. The number of hydrogen-bond donors (Lipinski definition) is 3. The Morgan fingerprint density at radius 3 is 2.33 bits per heavy atom. The standard InChI is InChI=1S/C11H16N4O3/c1-6-4-5-7(2)9(8(6)10(16)18-3)15(13)11(17)14-12/h4-5H,12-13H2,1-3H3,(H,14,17). The first-order valence-corrected chi connectivity index (χ1v) is 5.18. The van der Waals surface area contributed by atoms with Crippen LogP contribution in [-0.4, -0.2) is 19.1 Å². The number of ether oxygens (including phenoxy) is 1. The minimum atomic E-state index is -0.728. The van der Waals surface area contributed by atoms with E-state index in [0.29, 0.717) is 11.1 Å². The Morgan fingerprint density at radius 1 is 1.28 bits per heavy atom. The van der Waals surface area contributed by atoms with Gasteiger partial charge in [-0.05, 0) is 25.0 Å². The van der Waals surface area contributed by atoms with Crippen LogP contribution in [0.4, 0.5) is 10.5 Å². The van der Waals surface area contributed by atoms with Gasteiger partial charge in [-0.1, -0.05) is 12.1 Å². The fraction of sp³-hybridized carbons (Fsp3) is 0.273. The number of urea groups is 1. The molecule has 1 aromatic rings. The van der Waals surface area contributed by atoms with E-state index in [1.807, 2.05) is 5.43 Å². The molecule has 0 radical (unpaired) electrons. The Labute approximate surface area is 105 Å². The highest BCUT2D eigenvalue weighted by atomic mass is 16.5. The van der Waals surface area contributed by atoms with Crippen molar-refractivity contribution in [3.8, 4) is 0 Å². The van der Waals surface area contributed by atoms with Crippen molar-refractivity contribution in [2.75, 3.05) is 12.1 Å². The number of anilines is 1. The minimum absolute atomic E-state index is 0.239. The quantitative estimate of drug-likeness (QED) is 0.304. The third-order valence-corrected chi connectivity index (χ3v) is 2.56. The van der Waals surface area contributed by atoms with Gasteiger partial charge in [-0.25, -0.2) is 26.3 Å². The highest BCUT2D eigenvalue weighted by Crippen LogP contribution is 2.27. The van der Waals surface area contributed by atoms with Gasteiger partial charge in [-0.15, -0.1) is 0 Å². The number of hydrogen-bond acceptors (Lipinski definition) is 5. The Morgan fingerprint density at radius 2 is 1.83 bits per heavy atom. The first-order valence-electron chi connectivity index (χ1n) is 5.18. The van der Waals surface area contributed by atoms with Crippen LogP contribution in [0.25, 0.3) is 0 Å². The van der Waals surface area contributed by atoms with Crippen LogP contribution in [0.3, 0.4) is 0 Å². The zero-order chi connectivity index (χ0) is 13.9. The number of hydrazine groups is 2. The summed E-state index contributed by atoms with van der Waals surface area (Å²) in [5.41, 5.74) is 3.73. The van der Waals surface area contributed by atoms with Crippen LogP contribution in [0, 0.1) is 13.8 Å². The van der Waals surface area contributed by atoms with E-state index in [1.54, 1.807) is 26.0 Å². The van der Waals surface area contributed by atoms with Gasteiger partial charge in [-0.3, -0.25) is 5.43 Å². The largest absolute Gasteiger partial charge is 0.465 e. The summed E-state index contributed by atoms with van der Waals surface area (Å²) in [6.45, 7) is 3.45. The topological polar surface area (TPSA) is 111 Å². The van der Waals surface area contributed by atoms with Crippen LogP contribution < -0.4 is 22.1 Å². The number of rotatable bonds is 2. The molecular weight excluding hydrogens is 236 g/mol. The first-order chi connectivity index (χ1) is 8.43. The van der Waals surface area contributed by atoms with Gasteiger partial charge in [0.15, 0.2) is 0 Å². The number of nitrogens with one attached hydrogen (secondary N) is 1. The summed E-state index contributed by atoms with van der Waals surface area (Å²) in [7, 11) is 1.26. The van der Waals surface area contributed by atoms with Gasteiger partial charge >= 0.3 is 12.0 Å². The number of benzene rings is 1. The van der Waals surface area contributed by atoms with Gasteiger partial charge in [0.2, 0.25) is 0 Å². The third kappa shape index (κ3) is 2.41. The second kappa shape index (κ2) is 5.48. The van der Waals surface area contributed by atoms with Gasteiger partial charge < -0.3 is 4.74 Å². The highest BCUT2D eigenvalue weighted by Gasteiger charge is 2.23. The lowest BCUT2D eigenvalue weighted by Gasteiger charge is -2.21. The van der Waals surface area contributed by atoms with Crippen molar-refractivity contribution in [3.05, 3.63) is 28.8 Å². The molecule has 0 bridgehead atoms. The summed E-state index contributed by atoms with van der Waals surface area (Å²) < 4.78 is 4.69. The van der Waals surface area contributed by atoms with E-state index in [-0.39, 0.29) is 11.3 Å². The van der Waals surface area contributed by atoms with Crippen LogP contribution in [0.2, 0.25) is 0 Å². The van der Waals surface area contributed by atoms with E-state index in [9.17, 15) is 9.59 Å². The lowest BCUT2D eigenvalue weighted by atomic mass is 10.0. The van der Waals surface area contributed by atoms with Gasteiger partial charge in [0.1, 0.15) is 0 Å². The van der Waals surface area contributed by atoms with E-state index in [2.05, 4.69) is 0 Å². The Hall–Kier alpha value is -2.12. The zero-order valence-corrected chi connectivity index (χ0v) is 10.5. The number of amides is 2. The van der Waals surface area contributed by atoms with Crippen LogP contribution in [0.1, 0.15) is 21.5 Å². The summed E-state index contributed by atoms with van der Waals surface area (Å²) in [5, 5.41) is 0.786. The number of esters is 1. The van der Waals surface area contributed by atoms with E-state index in [4.69, 9.17) is 16.4 Å². The number of carbonyl (C=O) groups excluding carboxylic acids is 2. The minimum Gasteiger partial charge on any atom is -0.465 e. The summed E-state index contributed by atoms with van der Waals surface area (Å²) in [6, 6.07) is 2.77. The van der Waals surface area contributed by atoms with E-state index in [0.717, 1.165) is 5.01 Å². The number of methoxy groups -OCH3 is 1. The van der Waals surface area contributed by atoms with Crippen LogP contribution in [0.5, 0.6) is 0 Å². The second-order valence-corrected chi connectivity index (χ2v) is 3.73. The predicted molar refractivity (Wildman–Crippen MR) is 66.6 cm³/mol. The molecular formula is C11H16N4O3. The molecule has 0 atom stereocenters. The zero-order valence-electron chi connectivity index (χ0n) is 10.5. The molecule has 0 unspecified atom stereocenters. The van der Waals surface area contributed by atoms with E-state index >= 15 is 0 Å². The Kier molecular flexibility index (Phi) is 4.24. The summed E-state index contributed by atoms with van der Waals surface area (Å²) in [5.74, 6) is 10.1. The highest BCUT2D eigenvalue weighted by molar-refractivity contribution is 6.03. The normalized spacial score (nSPS) is 9.83. The summed E-state index contributed by atoms with van der Waals surface area (Å²) >= 11 is 0. The molecule has 0 spiro atoms. The molecule has 7 nitrogen and oxygen atoms in total. The molecule has 0 fully saturated rings. The van der Waals surface area contributed by atoms with Crippen molar-refractivity contribution < 1.29 is 14.3 Å². The van der Waals surface area contributed by atoms with Crippen LogP contribution >= 0.6 is 0 Å². The second-order valence-electron chi connectivity index (χ2n) is 3.73. The van der Waals surface area contributed by atoms with Crippen molar-refractivity contribution in [3.63, 3.8) is 0 Å². The molecule has 5 N–H and O–H groups in total. The molecule has 1 aromatic carbocycles. The summed E-state index contributed by atoms with van der Waals surface area (Å²) in [4.78, 5) is 23.2. The number of nitrogens with zero attached hydrogens (tertiary/aromatic N) is 1. The molecule has 0 heterocycles. The first kappa shape index (κ1) is 13.9. The maximum Gasteiger partial charge on any atom is 0.350 e. The monoisotopic (exact) mass is 252 g/mol. The molecule has 0 saturated carbocycles. The molecule has 2 amide bonds. The Bertz CT molecular complexity index is 487. The van der Waals surface area contributed by atoms with Crippen LogP contribution in [0.15, 0.2) is 12.1 Å². The average molecular weight is 252 g/mol. The van der Waals surface area contributed by atoms with Gasteiger partial charge in [0, 0.05) is 0 Å². The SMILES string of the molecule is COC(=O)c1c(C)ccc(C)c1N(N)C(=O)NN. The number of carbonyl (C=O) groups is 2. The van der Waals surface area contributed by atoms with Crippen molar-refractivity contribution in [1.82, 2.24) is 5.43 Å². The maximum absolute atomic E-state index is 11.8. The maximum atomic E-state index is 11.8. The fourth-order valence-electron chi connectivity index (χ4n) is 1.64. The van der Waals surface area contributed by atoms with Crippen molar-refractivity contribution in [2.24, 2.45) is 11.7 Å². The van der Waals surface area contributed by atoms with Crippen LogP contribution in [-0.2, 0) is 4.74 Å². The van der Waals surface area contributed by atoms with Crippen molar-refractivity contribution >= 4 is 17.7 Å². The van der Waals surface area contributed by atoms with Gasteiger partial charge in [0.25, 0.3) is 0 Å².